The minimum absolute atomic E-state index is 0.150. The van der Waals surface area contributed by atoms with E-state index in [1.54, 1.807) is 25.6 Å². The van der Waals surface area contributed by atoms with E-state index in [1.165, 1.54) is 12.1 Å². The maximum atomic E-state index is 12.8. The summed E-state index contributed by atoms with van der Waals surface area (Å²) < 4.78 is 38.3. The Morgan fingerprint density at radius 1 is 1.12 bits per heavy atom. The first-order valence-corrected chi connectivity index (χ1v) is 11.8. The van der Waals surface area contributed by atoms with Crippen molar-refractivity contribution >= 4 is 35.1 Å². The van der Waals surface area contributed by atoms with Crippen LogP contribution in [0.15, 0.2) is 77.4 Å². The third-order valence-electron chi connectivity index (χ3n) is 5.50. The molecule has 2 aliphatic heterocycles. The molecule has 2 atom stereocenters. The van der Waals surface area contributed by atoms with E-state index in [9.17, 15) is 18.3 Å². The van der Waals surface area contributed by atoms with Gasteiger partial charge >= 0.3 is 6.18 Å². The van der Waals surface area contributed by atoms with Gasteiger partial charge in [0.2, 0.25) is 0 Å². The lowest BCUT2D eigenvalue weighted by atomic mass is 9.99. The van der Waals surface area contributed by atoms with Crippen molar-refractivity contribution in [2.45, 2.75) is 43.3 Å². The highest BCUT2D eigenvalue weighted by Crippen LogP contribution is 2.43. The third-order valence-corrected chi connectivity index (χ3v) is 7.10. The van der Waals surface area contributed by atoms with Gasteiger partial charge in [0.05, 0.1) is 33.6 Å². The van der Waals surface area contributed by atoms with E-state index >= 15 is 0 Å². The SMILES string of the molecule is CC(C)(O)C1C=C(C2=CCC(/C=C/c3ccc(C(F)(F)F)cc3)S2)N(c2ccccc2Cl)N1. The highest BCUT2D eigenvalue weighted by Gasteiger charge is 2.36. The van der Waals surface area contributed by atoms with Gasteiger partial charge in [0.15, 0.2) is 0 Å². The predicted octanol–water partition coefficient (Wildman–Crippen LogP) is 6.81. The zero-order valence-corrected chi connectivity index (χ0v) is 19.7. The predicted molar refractivity (Wildman–Crippen MR) is 130 cm³/mol. The van der Waals surface area contributed by atoms with Crippen LogP contribution in [0.1, 0.15) is 31.4 Å². The second kappa shape index (κ2) is 9.22. The molecule has 4 rings (SSSR count). The molecule has 0 fully saturated rings. The van der Waals surface area contributed by atoms with Gasteiger partial charge < -0.3 is 5.11 Å². The molecule has 0 aromatic heterocycles. The molecule has 0 bridgehead atoms. The number of nitrogens with one attached hydrogen (secondary N) is 1. The number of allylic oxidation sites excluding steroid dienone is 1. The maximum Gasteiger partial charge on any atom is 0.416 e. The number of anilines is 1. The molecule has 0 radical (unpaired) electrons. The molecule has 0 aliphatic carbocycles. The highest BCUT2D eigenvalue weighted by atomic mass is 35.5. The Bertz CT molecular complexity index is 1100. The number of aliphatic hydroxyl groups is 1. The normalized spacial score (nSPS) is 21.6. The number of halogens is 4. The standard InChI is InChI=1S/C25H24ClF3N2OS/c1-24(2,32)23-15-21(31(30-23)20-6-4-3-5-19(20)26)22-14-13-18(33-22)12-9-16-7-10-17(11-8-16)25(27,28)29/h3-12,14-15,18,23,30,32H,13H2,1-2H3/b12-9+. The highest BCUT2D eigenvalue weighted by molar-refractivity contribution is 8.04. The molecule has 0 spiro atoms. The molecule has 0 amide bonds. The number of hydrogen-bond donors (Lipinski definition) is 2. The van der Waals surface area contributed by atoms with Crippen LogP contribution in [0.5, 0.6) is 0 Å². The van der Waals surface area contributed by atoms with Gasteiger partial charge in [-0.3, -0.25) is 5.01 Å². The van der Waals surface area contributed by atoms with Crippen LogP contribution in [-0.2, 0) is 6.18 Å². The Labute approximate surface area is 200 Å². The molecule has 0 saturated carbocycles. The number of benzene rings is 2. The largest absolute Gasteiger partial charge is 0.416 e. The first-order valence-electron chi connectivity index (χ1n) is 10.5. The third kappa shape index (κ3) is 5.49. The lowest BCUT2D eigenvalue weighted by molar-refractivity contribution is -0.137. The van der Waals surface area contributed by atoms with E-state index in [1.807, 2.05) is 47.5 Å². The monoisotopic (exact) mass is 492 g/mol. The van der Waals surface area contributed by atoms with Crippen molar-refractivity contribution in [2.24, 2.45) is 0 Å². The van der Waals surface area contributed by atoms with E-state index in [-0.39, 0.29) is 11.3 Å². The summed E-state index contributed by atoms with van der Waals surface area (Å²) in [5, 5.41) is 13.2. The van der Waals surface area contributed by atoms with Crippen molar-refractivity contribution in [3.8, 4) is 0 Å². The summed E-state index contributed by atoms with van der Waals surface area (Å²) in [7, 11) is 0. The number of thioether (sulfide) groups is 1. The molecule has 2 heterocycles. The molecule has 2 aromatic carbocycles. The number of alkyl halides is 3. The Morgan fingerprint density at radius 2 is 1.82 bits per heavy atom. The Balaban J connectivity index is 1.50. The fourth-order valence-corrected chi connectivity index (χ4v) is 5.00. The lowest BCUT2D eigenvalue weighted by Gasteiger charge is -2.29. The Kier molecular flexibility index (Phi) is 6.69. The second-order valence-electron chi connectivity index (χ2n) is 8.54. The average Bonchev–Trinajstić information content (AvgIpc) is 3.39. The zero-order chi connectivity index (χ0) is 23.8. The van der Waals surface area contributed by atoms with Gasteiger partial charge in [-0.1, -0.05) is 54.1 Å². The fourth-order valence-electron chi connectivity index (χ4n) is 3.63. The van der Waals surface area contributed by atoms with Crippen molar-refractivity contribution in [3.63, 3.8) is 0 Å². The van der Waals surface area contributed by atoms with E-state index in [4.69, 9.17) is 11.6 Å². The summed E-state index contributed by atoms with van der Waals surface area (Å²) in [6.07, 6.45) is 4.45. The first-order chi connectivity index (χ1) is 15.5. The summed E-state index contributed by atoms with van der Waals surface area (Å²) in [4.78, 5) is 1.05. The molecule has 2 aliphatic rings. The van der Waals surface area contributed by atoms with E-state index in [0.29, 0.717) is 5.02 Å². The molecule has 33 heavy (non-hydrogen) atoms. The van der Waals surface area contributed by atoms with Crippen molar-refractivity contribution in [1.82, 2.24) is 5.43 Å². The molecule has 2 unspecified atom stereocenters. The van der Waals surface area contributed by atoms with E-state index in [0.717, 1.165) is 40.4 Å². The quantitative estimate of drug-likeness (QED) is 0.480. The molecular weight excluding hydrogens is 469 g/mol. The number of nitrogens with zero attached hydrogens (tertiary/aromatic N) is 1. The summed E-state index contributed by atoms with van der Waals surface area (Å²) >= 11 is 8.12. The van der Waals surface area contributed by atoms with Crippen molar-refractivity contribution in [3.05, 3.63) is 93.5 Å². The van der Waals surface area contributed by atoms with Crippen LogP contribution < -0.4 is 10.4 Å². The number of rotatable bonds is 5. The van der Waals surface area contributed by atoms with Crippen molar-refractivity contribution < 1.29 is 18.3 Å². The van der Waals surface area contributed by atoms with Crippen molar-refractivity contribution in [1.29, 1.82) is 0 Å². The van der Waals surface area contributed by atoms with Crippen molar-refractivity contribution in [2.75, 3.05) is 5.01 Å². The van der Waals surface area contributed by atoms with E-state index in [2.05, 4.69) is 11.5 Å². The van der Waals surface area contributed by atoms with Crippen LogP contribution in [-0.4, -0.2) is 22.0 Å². The van der Waals surface area contributed by atoms with Gasteiger partial charge in [-0.05, 0) is 56.2 Å². The average molecular weight is 493 g/mol. The van der Waals surface area contributed by atoms with Gasteiger partial charge in [-0.15, -0.1) is 11.8 Å². The van der Waals surface area contributed by atoms with E-state index < -0.39 is 17.3 Å². The summed E-state index contributed by atoms with van der Waals surface area (Å²) in [6, 6.07) is 12.3. The molecule has 2 aromatic rings. The van der Waals surface area contributed by atoms with Gasteiger partial charge in [-0.25, -0.2) is 5.43 Å². The molecule has 0 saturated heterocycles. The molecule has 2 N–H and O–H groups in total. The fraction of sp³-hybridized carbons (Fsp3) is 0.280. The van der Waals surface area contributed by atoms with Crippen LogP contribution in [0.3, 0.4) is 0 Å². The maximum absolute atomic E-state index is 12.8. The summed E-state index contributed by atoms with van der Waals surface area (Å²) in [6.45, 7) is 3.50. The topological polar surface area (TPSA) is 35.5 Å². The second-order valence-corrected chi connectivity index (χ2v) is 10.2. The number of hydrazine groups is 1. The Hall–Kier alpha value is -2.19. The molecule has 174 valence electrons. The summed E-state index contributed by atoms with van der Waals surface area (Å²) in [5.74, 6) is 0. The first kappa shape index (κ1) is 24.0. The summed E-state index contributed by atoms with van der Waals surface area (Å²) in [5.41, 5.74) is 4.15. The smallest absolute Gasteiger partial charge is 0.388 e. The van der Waals surface area contributed by atoms with Crippen LogP contribution in [0, 0.1) is 0 Å². The number of hydrogen-bond acceptors (Lipinski definition) is 4. The van der Waals surface area contributed by atoms with Crippen LogP contribution in [0.25, 0.3) is 6.08 Å². The molecule has 8 heteroatoms. The van der Waals surface area contributed by atoms with Crippen LogP contribution in [0.4, 0.5) is 18.9 Å². The molecule has 3 nitrogen and oxygen atoms in total. The minimum atomic E-state index is -4.33. The van der Waals surface area contributed by atoms with Crippen LogP contribution in [0.2, 0.25) is 5.02 Å². The van der Waals surface area contributed by atoms with Gasteiger partial charge in [0.25, 0.3) is 0 Å². The number of para-hydroxylation sites is 1. The van der Waals surface area contributed by atoms with Gasteiger partial charge in [0, 0.05) is 10.2 Å². The Morgan fingerprint density at radius 3 is 2.45 bits per heavy atom. The minimum Gasteiger partial charge on any atom is -0.388 e. The lowest BCUT2D eigenvalue weighted by Crippen LogP contribution is -2.48. The zero-order valence-electron chi connectivity index (χ0n) is 18.1. The molecular formula is C25H24ClF3N2OS. The van der Waals surface area contributed by atoms with Crippen LogP contribution >= 0.6 is 23.4 Å². The van der Waals surface area contributed by atoms with Gasteiger partial charge in [-0.2, -0.15) is 13.2 Å². The van der Waals surface area contributed by atoms with Gasteiger partial charge in [0.1, 0.15) is 0 Å².